The standard InChI is InChI=1S/C19H17N3O4/c23-16-11-26-18-14(20-16)3-1-4-15(18)21-19(25)12-6-8-13(9-7-12)22-10-2-5-17(22)24/h1,3-4,6-9H,2,5,10-11H2,(H,20,23)(H,21,25). The van der Waals surface area contributed by atoms with E-state index in [1.165, 1.54) is 0 Å². The molecule has 0 aliphatic carbocycles. The Kier molecular flexibility index (Phi) is 4.04. The maximum Gasteiger partial charge on any atom is 0.262 e. The van der Waals surface area contributed by atoms with Crippen LogP contribution in [0, 0.1) is 0 Å². The lowest BCUT2D eigenvalue weighted by molar-refractivity contribution is -0.118. The third-order valence-corrected chi connectivity index (χ3v) is 4.40. The molecule has 1 saturated heterocycles. The minimum absolute atomic E-state index is 0.0849. The summed E-state index contributed by atoms with van der Waals surface area (Å²) in [5, 5.41) is 5.51. The Labute approximate surface area is 149 Å². The Bertz CT molecular complexity index is 892. The average Bonchev–Trinajstić information content (AvgIpc) is 3.07. The molecular formula is C19H17N3O4. The molecule has 0 atom stereocenters. The number of benzene rings is 2. The molecule has 26 heavy (non-hydrogen) atoms. The SMILES string of the molecule is O=C1COc2c(cccc2NC(=O)c2ccc(N3CCCC3=O)cc2)N1. The maximum atomic E-state index is 12.5. The fourth-order valence-corrected chi connectivity index (χ4v) is 3.12. The highest BCUT2D eigenvalue weighted by Crippen LogP contribution is 2.35. The van der Waals surface area contributed by atoms with Gasteiger partial charge in [-0.1, -0.05) is 6.07 Å². The molecule has 2 aromatic rings. The van der Waals surface area contributed by atoms with E-state index in [-0.39, 0.29) is 24.3 Å². The Morgan fingerprint density at radius 2 is 1.92 bits per heavy atom. The molecule has 7 nitrogen and oxygen atoms in total. The third kappa shape index (κ3) is 2.99. The average molecular weight is 351 g/mol. The van der Waals surface area contributed by atoms with Gasteiger partial charge in [0.05, 0.1) is 11.4 Å². The van der Waals surface area contributed by atoms with Crippen LogP contribution >= 0.6 is 0 Å². The summed E-state index contributed by atoms with van der Waals surface area (Å²) in [6.45, 7) is 0.627. The molecule has 0 bridgehead atoms. The van der Waals surface area contributed by atoms with E-state index < -0.39 is 0 Å². The Hall–Kier alpha value is -3.35. The number of rotatable bonds is 3. The number of hydrogen-bond donors (Lipinski definition) is 2. The van der Waals surface area contributed by atoms with Crippen LogP contribution in [0.1, 0.15) is 23.2 Å². The fourth-order valence-electron chi connectivity index (χ4n) is 3.12. The Morgan fingerprint density at radius 1 is 1.12 bits per heavy atom. The van der Waals surface area contributed by atoms with Gasteiger partial charge >= 0.3 is 0 Å². The second kappa shape index (κ2) is 6.51. The van der Waals surface area contributed by atoms with Crippen LogP contribution in [0.4, 0.5) is 17.1 Å². The molecule has 2 heterocycles. The van der Waals surface area contributed by atoms with Crippen LogP contribution in [0.5, 0.6) is 5.75 Å². The molecule has 0 spiro atoms. The van der Waals surface area contributed by atoms with E-state index in [1.807, 2.05) is 0 Å². The Morgan fingerprint density at radius 3 is 2.65 bits per heavy atom. The maximum absolute atomic E-state index is 12.5. The van der Waals surface area contributed by atoms with Crippen molar-refractivity contribution in [2.45, 2.75) is 12.8 Å². The molecule has 0 unspecified atom stereocenters. The van der Waals surface area contributed by atoms with E-state index in [0.29, 0.717) is 35.7 Å². The van der Waals surface area contributed by atoms with Gasteiger partial charge in [-0.2, -0.15) is 0 Å². The van der Waals surface area contributed by atoms with Crippen LogP contribution in [0.25, 0.3) is 0 Å². The highest BCUT2D eigenvalue weighted by atomic mass is 16.5. The topological polar surface area (TPSA) is 87.7 Å². The van der Waals surface area contributed by atoms with Crippen molar-refractivity contribution >= 4 is 34.8 Å². The summed E-state index contributed by atoms with van der Waals surface area (Å²) in [5.74, 6) is 0.0308. The molecule has 3 amide bonds. The van der Waals surface area contributed by atoms with Gasteiger partial charge in [0, 0.05) is 24.2 Å². The van der Waals surface area contributed by atoms with Crippen molar-refractivity contribution in [3.05, 3.63) is 48.0 Å². The van der Waals surface area contributed by atoms with Gasteiger partial charge in [0.2, 0.25) is 5.91 Å². The smallest absolute Gasteiger partial charge is 0.262 e. The van der Waals surface area contributed by atoms with Crippen molar-refractivity contribution in [2.24, 2.45) is 0 Å². The first kappa shape index (κ1) is 16.1. The highest BCUT2D eigenvalue weighted by Gasteiger charge is 2.22. The van der Waals surface area contributed by atoms with Crippen LogP contribution in [0.15, 0.2) is 42.5 Å². The molecular weight excluding hydrogens is 334 g/mol. The lowest BCUT2D eigenvalue weighted by atomic mass is 10.1. The summed E-state index contributed by atoms with van der Waals surface area (Å²) in [7, 11) is 0. The van der Waals surface area contributed by atoms with Crippen molar-refractivity contribution in [1.29, 1.82) is 0 Å². The highest BCUT2D eigenvalue weighted by molar-refractivity contribution is 6.07. The minimum atomic E-state index is -0.293. The van der Waals surface area contributed by atoms with E-state index in [1.54, 1.807) is 47.4 Å². The molecule has 0 radical (unpaired) electrons. The van der Waals surface area contributed by atoms with Gasteiger partial charge in [0.15, 0.2) is 12.4 Å². The van der Waals surface area contributed by atoms with Gasteiger partial charge < -0.3 is 20.3 Å². The Balaban J connectivity index is 1.51. The summed E-state index contributed by atoms with van der Waals surface area (Å²) >= 11 is 0. The quantitative estimate of drug-likeness (QED) is 0.889. The monoisotopic (exact) mass is 351 g/mol. The van der Waals surface area contributed by atoms with Gasteiger partial charge in [-0.15, -0.1) is 0 Å². The van der Waals surface area contributed by atoms with Crippen LogP contribution in [0.3, 0.4) is 0 Å². The molecule has 2 aliphatic rings. The number of hydrogen-bond acceptors (Lipinski definition) is 4. The molecule has 2 N–H and O–H groups in total. The number of fused-ring (bicyclic) bond motifs is 1. The third-order valence-electron chi connectivity index (χ3n) is 4.40. The van der Waals surface area contributed by atoms with Crippen molar-refractivity contribution < 1.29 is 19.1 Å². The largest absolute Gasteiger partial charge is 0.479 e. The van der Waals surface area contributed by atoms with Crippen LogP contribution < -0.4 is 20.3 Å². The van der Waals surface area contributed by atoms with E-state index >= 15 is 0 Å². The first-order chi connectivity index (χ1) is 12.6. The van der Waals surface area contributed by atoms with Crippen LogP contribution in [-0.4, -0.2) is 30.9 Å². The van der Waals surface area contributed by atoms with Crippen molar-refractivity contribution in [1.82, 2.24) is 0 Å². The van der Waals surface area contributed by atoms with Gasteiger partial charge in [-0.05, 0) is 42.8 Å². The normalized spacial score (nSPS) is 15.9. The summed E-state index contributed by atoms with van der Waals surface area (Å²) in [5.41, 5.74) is 2.29. The number of ether oxygens (including phenoxy) is 1. The van der Waals surface area contributed by atoms with Crippen molar-refractivity contribution in [3.8, 4) is 5.75 Å². The summed E-state index contributed by atoms with van der Waals surface area (Å²) < 4.78 is 5.43. The van der Waals surface area contributed by atoms with Gasteiger partial charge in [0.1, 0.15) is 0 Å². The van der Waals surface area contributed by atoms with Gasteiger partial charge in [-0.3, -0.25) is 14.4 Å². The first-order valence-corrected chi connectivity index (χ1v) is 8.39. The molecule has 2 aromatic carbocycles. The summed E-state index contributed by atoms with van der Waals surface area (Å²) in [6.07, 6.45) is 1.43. The lowest BCUT2D eigenvalue weighted by Gasteiger charge is -2.21. The molecule has 4 rings (SSSR count). The van der Waals surface area contributed by atoms with E-state index in [2.05, 4.69) is 10.6 Å². The first-order valence-electron chi connectivity index (χ1n) is 8.39. The number of nitrogens with zero attached hydrogens (tertiary/aromatic N) is 1. The van der Waals surface area contributed by atoms with Crippen molar-refractivity contribution in [3.63, 3.8) is 0 Å². The number of carbonyl (C=O) groups excluding carboxylic acids is 3. The molecule has 2 aliphatic heterocycles. The molecule has 0 aromatic heterocycles. The number of carbonyl (C=O) groups is 3. The second-order valence-corrected chi connectivity index (χ2v) is 6.17. The predicted octanol–water partition coefficient (Wildman–Crippen LogP) is 2.40. The van der Waals surface area contributed by atoms with Crippen LogP contribution in [-0.2, 0) is 9.59 Å². The molecule has 0 saturated carbocycles. The lowest BCUT2D eigenvalue weighted by Crippen LogP contribution is -2.26. The van der Waals surface area contributed by atoms with Crippen LogP contribution in [0.2, 0.25) is 0 Å². The number of para-hydroxylation sites is 1. The summed E-state index contributed by atoms with van der Waals surface area (Å²) in [4.78, 5) is 37.4. The number of anilines is 3. The van der Waals surface area contributed by atoms with Crippen molar-refractivity contribution in [2.75, 3.05) is 28.7 Å². The second-order valence-electron chi connectivity index (χ2n) is 6.17. The predicted molar refractivity (Wildman–Crippen MR) is 96.5 cm³/mol. The number of amides is 3. The molecule has 132 valence electrons. The van der Waals surface area contributed by atoms with E-state index in [4.69, 9.17) is 4.74 Å². The molecule has 1 fully saturated rings. The van der Waals surface area contributed by atoms with Gasteiger partial charge in [-0.25, -0.2) is 0 Å². The minimum Gasteiger partial charge on any atom is -0.479 e. The molecule has 7 heteroatoms. The zero-order valence-electron chi connectivity index (χ0n) is 14.0. The van der Waals surface area contributed by atoms with E-state index in [9.17, 15) is 14.4 Å². The van der Waals surface area contributed by atoms with E-state index in [0.717, 1.165) is 12.1 Å². The zero-order chi connectivity index (χ0) is 18.1. The zero-order valence-corrected chi connectivity index (χ0v) is 14.0. The van der Waals surface area contributed by atoms with Gasteiger partial charge in [0.25, 0.3) is 11.8 Å². The number of nitrogens with one attached hydrogen (secondary N) is 2. The summed E-state index contributed by atoms with van der Waals surface area (Å²) in [6, 6.07) is 12.1. The fraction of sp³-hybridized carbons (Fsp3) is 0.211.